The summed E-state index contributed by atoms with van der Waals surface area (Å²) in [6.07, 6.45) is 3.68. The molecule has 1 aromatic carbocycles. The van der Waals surface area contributed by atoms with Gasteiger partial charge in [0.1, 0.15) is 17.5 Å². The van der Waals surface area contributed by atoms with Crippen molar-refractivity contribution in [1.82, 2.24) is 15.0 Å². The number of rotatable bonds is 5. The van der Waals surface area contributed by atoms with Crippen molar-refractivity contribution in [3.05, 3.63) is 41.7 Å². The number of aromatic nitrogens is 3. The van der Waals surface area contributed by atoms with Gasteiger partial charge >= 0.3 is 0 Å². The first-order valence-corrected chi connectivity index (χ1v) is 6.72. The monoisotopic (exact) mass is 259 g/mol. The molecule has 0 fully saturated rings. The predicted molar refractivity (Wildman–Crippen MR) is 73.2 cm³/mol. The molecule has 100 valence electrons. The maximum absolute atomic E-state index is 12.9. The Morgan fingerprint density at radius 2 is 1.37 bits per heavy atom. The Hall–Kier alpha value is -1.84. The zero-order valence-corrected chi connectivity index (χ0v) is 11.4. The van der Waals surface area contributed by atoms with Crippen LogP contribution in [-0.4, -0.2) is 15.0 Å². The molecule has 3 nitrogen and oxygen atoms in total. The van der Waals surface area contributed by atoms with Crippen LogP contribution in [0.25, 0.3) is 11.4 Å². The summed E-state index contributed by atoms with van der Waals surface area (Å²) in [5.41, 5.74) is 0.832. The third-order valence-corrected chi connectivity index (χ3v) is 2.78. The minimum atomic E-state index is -0.250. The minimum absolute atomic E-state index is 0.250. The lowest BCUT2D eigenvalue weighted by Gasteiger charge is -2.06. The van der Waals surface area contributed by atoms with Gasteiger partial charge in [0, 0.05) is 18.4 Å². The van der Waals surface area contributed by atoms with Gasteiger partial charge in [-0.2, -0.15) is 0 Å². The molecule has 19 heavy (non-hydrogen) atoms. The van der Waals surface area contributed by atoms with Crippen LogP contribution in [0.5, 0.6) is 0 Å². The maximum Gasteiger partial charge on any atom is 0.163 e. The molecule has 0 N–H and O–H groups in total. The van der Waals surface area contributed by atoms with Crippen LogP contribution in [-0.2, 0) is 12.8 Å². The van der Waals surface area contributed by atoms with Crippen LogP contribution in [0.1, 0.15) is 38.3 Å². The number of nitrogens with zero attached hydrogens (tertiary/aromatic N) is 3. The van der Waals surface area contributed by atoms with Gasteiger partial charge in [0.2, 0.25) is 0 Å². The fraction of sp³-hybridized carbons (Fsp3) is 0.400. The van der Waals surface area contributed by atoms with E-state index < -0.39 is 0 Å². The van der Waals surface area contributed by atoms with Crippen molar-refractivity contribution in [2.24, 2.45) is 0 Å². The van der Waals surface area contributed by atoms with Crippen LogP contribution < -0.4 is 0 Å². The number of aryl methyl sites for hydroxylation is 2. The molecule has 2 aromatic rings. The van der Waals surface area contributed by atoms with Crippen LogP contribution >= 0.6 is 0 Å². The molecular formula is C15H18FN3. The fourth-order valence-corrected chi connectivity index (χ4v) is 1.87. The minimum Gasteiger partial charge on any atom is -0.218 e. The van der Waals surface area contributed by atoms with E-state index in [0.29, 0.717) is 5.82 Å². The van der Waals surface area contributed by atoms with E-state index in [1.54, 1.807) is 12.1 Å². The van der Waals surface area contributed by atoms with Crippen molar-refractivity contribution in [3.63, 3.8) is 0 Å². The standard InChI is InChI=1S/C15H18FN3/c1-3-5-13-17-14(6-4-2)19-15(18-13)11-7-9-12(16)10-8-11/h7-10H,3-6H2,1-2H3. The zero-order valence-electron chi connectivity index (χ0n) is 11.4. The normalized spacial score (nSPS) is 10.7. The van der Waals surface area contributed by atoms with Crippen LogP contribution in [0.3, 0.4) is 0 Å². The quantitative estimate of drug-likeness (QED) is 0.823. The van der Waals surface area contributed by atoms with Gasteiger partial charge in [-0.3, -0.25) is 0 Å². The molecule has 0 unspecified atom stereocenters. The molecule has 0 aliphatic heterocycles. The highest BCUT2D eigenvalue weighted by Gasteiger charge is 2.08. The number of hydrogen-bond acceptors (Lipinski definition) is 3. The summed E-state index contributed by atoms with van der Waals surface area (Å²) in [7, 11) is 0. The van der Waals surface area contributed by atoms with E-state index in [-0.39, 0.29) is 5.82 Å². The summed E-state index contributed by atoms with van der Waals surface area (Å²) < 4.78 is 12.9. The highest BCUT2D eigenvalue weighted by atomic mass is 19.1. The Bertz CT molecular complexity index is 513. The highest BCUT2D eigenvalue weighted by Crippen LogP contribution is 2.16. The third kappa shape index (κ3) is 3.56. The molecule has 0 atom stereocenters. The third-order valence-electron chi connectivity index (χ3n) is 2.78. The van der Waals surface area contributed by atoms with Crippen molar-refractivity contribution >= 4 is 0 Å². The maximum atomic E-state index is 12.9. The van der Waals surface area contributed by atoms with Gasteiger partial charge < -0.3 is 0 Å². The van der Waals surface area contributed by atoms with E-state index >= 15 is 0 Å². The van der Waals surface area contributed by atoms with Crippen molar-refractivity contribution in [3.8, 4) is 11.4 Å². The van der Waals surface area contributed by atoms with Crippen molar-refractivity contribution in [2.75, 3.05) is 0 Å². The van der Waals surface area contributed by atoms with Crippen LogP contribution in [0.2, 0.25) is 0 Å². The van der Waals surface area contributed by atoms with Crippen molar-refractivity contribution in [2.45, 2.75) is 39.5 Å². The van der Waals surface area contributed by atoms with Gasteiger partial charge in [-0.15, -0.1) is 0 Å². The molecule has 0 saturated heterocycles. The van der Waals surface area contributed by atoms with Gasteiger partial charge in [0.05, 0.1) is 0 Å². The molecule has 0 saturated carbocycles. The first-order valence-electron chi connectivity index (χ1n) is 6.72. The summed E-state index contributed by atoms with van der Waals surface area (Å²) in [6.45, 7) is 4.20. The molecule has 0 radical (unpaired) electrons. The average molecular weight is 259 g/mol. The van der Waals surface area contributed by atoms with Gasteiger partial charge in [-0.25, -0.2) is 19.3 Å². The van der Waals surface area contributed by atoms with E-state index in [9.17, 15) is 4.39 Å². The largest absolute Gasteiger partial charge is 0.218 e. The lowest BCUT2D eigenvalue weighted by molar-refractivity contribution is 0.628. The Labute approximate surface area is 113 Å². The Balaban J connectivity index is 2.40. The summed E-state index contributed by atoms with van der Waals surface area (Å²) in [5, 5.41) is 0. The molecule has 0 spiro atoms. The lowest BCUT2D eigenvalue weighted by Crippen LogP contribution is -2.05. The van der Waals surface area contributed by atoms with Gasteiger partial charge in [0.15, 0.2) is 5.82 Å². The van der Waals surface area contributed by atoms with Crippen molar-refractivity contribution < 1.29 is 4.39 Å². The van der Waals surface area contributed by atoms with Crippen molar-refractivity contribution in [1.29, 1.82) is 0 Å². The summed E-state index contributed by atoms with van der Waals surface area (Å²) in [5.74, 6) is 2.03. The van der Waals surface area contributed by atoms with E-state index in [0.717, 1.165) is 42.9 Å². The highest BCUT2D eigenvalue weighted by molar-refractivity contribution is 5.54. The first-order chi connectivity index (χ1) is 9.22. The molecule has 0 amide bonds. The van der Waals surface area contributed by atoms with Gasteiger partial charge in [-0.1, -0.05) is 13.8 Å². The average Bonchev–Trinajstić information content (AvgIpc) is 2.40. The fourth-order valence-electron chi connectivity index (χ4n) is 1.87. The smallest absolute Gasteiger partial charge is 0.163 e. The second-order valence-corrected chi connectivity index (χ2v) is 4.50. The van der Waals surface area contributed by atoms with E-state index in [4.69, 9.17) is 0 Å². The molecule has 0 aliphatic rings. The Morgan fingerprint density at radius 3 is 1.84 bits per heavy atom. The van der Waals surface area contributed by atoms with Crippen LogP contribution in [0, 0.1) is 5.82 Å². The van der Waals surface area contributed by atoms with E-state index in [1.165, 1.54) is 12.1 Å². The SMILES string of the molecule is CCCc1nc(CCC)nc(-c2ccc(F)cc2)n1. The molecule has 2 rings (SSSR count). The van der Waals surface area contributed by atoms with Crippen LogP contribution in [0.4, 0.5) is 4.39 Å². The second-order valence-electron chi connectivity index (χ2n) is 4.50. The van der Waals surface area contributed by atoms with E-state index in [1.807, 2.05) is 0 Å². The van der Waals surface area contributed by atoms with E-state index in [2.05, 4.69) is 28.8 Å². The molecule has 4 heteroatoms. The molecule has 1 heterocycles. The predicted octanol–water partition coefficient (Wildman–Crippen LogP) is 3.58. The molecular weight excluding hydrogens is 241 g/mol. The van der Waals surface area contributed by atoms with Gasteiger partial charge in [-0.05, 0) is 37.1 Å². The van der Waals surface area contributed by atoms with Crippen LogP contribution in [0.15, 0.2) is 24.3 Å². The molecule has 0 aliphatic carbocycles. The number of halogens is 1. The first kappa shape index (κ1) is 13.6. The zero-order chi connectivity index (χ0) is 13.7. The van der Waals surface area contributed by atoms with Gasteiger partial charge in [0.25, 0.3) is 0 Å². The number of benzene rings is 1. The molecule has 0 bridgehead atoms. The summed E-state index contributed by atoms with van der Waals surface area (Å²) in [4.78, 5) is 13.4. The topological polar surface area (TPSA) is 38.7 Å². The number of hydrogen-bond donors (Lipinski definition) is 0. The Kier molecular flexibility index (Phi) is 4.55. The Morgan fingerprint density at radius 1 is 0.842 bits per heavy atom. The lowest BCUT2D eigenvalue weighted by atomic mass is 10.2. The summed E-state index contributed by atoms with van der Waals surface area (Å²) >= 11 is 0. The second kappa shape index (κ2) is 6.36. The molecule has 1 aromatic heterocycles. The summed E-state index contributed by atoms with van der Waals surface area (Å²) in [6, 6.07) is 6.27.